The molecule has 0 aliphatic heterocycles. The molecule has 0 spiro atoms. The third kappa shape index (κ3) is 6.45. The van der Waals surface area contributed by atoms with Crippen molar-refractivity contribution in [3.63, 3.8) is 0 Å². The van der Waals surface area contributed by atoms with E-state index in [2.05, 4.69) is 5.32 Å². The van der Waals surface area contributed by atoms with E-state index in [1.807, 2.05) is 32.0 Å². The van der Waals surface area contributed by atoms with E-state index >= 15 is 0 Å². The van der Waals surface area contributed by atoms with Gasteiger partial charge in [0.15, 0.2) is 0 Å². The predicted molar refractivity (Wildman–Crippen MR) is 106 cm³/mol. The Morgan fingerprint density at radius 2 is 1.74 bits per heavy atom. The molecule has 1 amide bonds. The van der Waals surface area contributed by atoms with Crippen LogP contribution in [0.1, 0.15) is 23.1 Å². The highest BCUT2D eigenvalue weighted by molar-refractivity contribution is 7.88. The predicted octanol–water partition coefficient (Wildman–Crippen LogP) is 3.28. The van der Waals surface area contributed by atoms with Gasteiger partial charge in [-0.15, -0.1) is 0 Å². The molecule has 2 aromatic carbocycles. The Hall–Kier alpha value is -2.25. The van der Waals surface area contributed by atoms with Gasteiger partial charge in [-0.3, -0.25) is 4.79 Å². The molecular formula is C20H25FN2O3S. The Morgan fingerprint density at radius 1 is 1.07 bits per heavy atom. The lowest BCUT2D eigenvalue weighted by atomic mass is 10.1. The van der Waals surface area contributed by atoms with Gasteiger partial charge < -0.3 is 5.32 Å². The van der Waals surface area contributed by atoms with Gasteiger partial charge in [-0.25, -0.2) is 17.1 Å². The van der Waals surface area contributed by atoms with Crippen molar-refractivity contribution in [3.8, 4) is 0 Å². The first-order valence-corrected chi connectivity index (χ1v) is 10.6. The normalized spacial score (nSPS) is 11.6. The van der Waals surface area contributed by atoms with Gasteiger partial charge in [-0.1, -0.05) is 24.3 Å². The average molecular weight is 392 g/mol. The maximum atomic E-state index is 13.0. The molecule has 0 aliphatic carbocycles. The van der Waals surface area contributed by atoms with Crippen LogP contribution in [0.25, 0.3) is 0 Å². The molecule has 0 fully saturated rings. The van der Waals surface area contributed by atoms with E-state index in [0.29, 0.717) is 6.42 Å². The van der Waals surface area contributed by atoms with Crippen LogP contribution >= 0.6 is 0 Å². The fraction of sp³-hybridized carbons (Fsp3) is 0.350. The monoisotopic (exact) mass is 392 g/mol. The fourth-order valence-corrected chi connectivity index (χ4v) is 3.52. The number of nitrogens with one attached hydrogen (secondary N) is 1. The minimum Gasteiger partial charge on any atom is -0.326 e. The summed E-state index contributed by atoms with van der Waals surface area (Å²) < 4.78 is 38.3. The minimum absolute atomic E-state index is 0.0594. The Morgan fingerprint density at radius 3 is 2.37 bits per heavy atom. The summed E-state index contributed by atoms with van der Waals surface area (Å²) in [6.45, 7) is 4.22. The molecule has 1 N–H and O–H groups in total. The second kappa shape index (κ2) is 9.10. The molecule has 0 aromatic heterocycles. The number of nitrogens with zero attached hydrogens (tertiary/aromatic N) is 1. The molecule has 0 radical (unpaired) electrons. The zero-order valence-electron chi connectivity index (χ0n) is 15.8. The van der Waals surface area contributed by atoms with Crippen molar-refractivity contribution in [1.82, 2.24) is 4.31 Å². The summed E-state index contributed by atoms with van der Waals surface area (Å²) in [6, 6.07) is 11.6. The van der Waals surface area contributed by atoms with Gasteiger partial charge >= 0.3 is 0 Å². The molecule has 146 valence electrons. The van der Waals surface area contributed by atoms with Crippen LogP contribution in [0.4, 0.5) is 10.1 Å². The van der Waals surface area contributed by atoms with E-state index in [-0.39, 0.29) is 31.2 Å². The first-order valence-electron chi connectivity index (χ1n) is 8.72. The molecule has 0 bridgehead atoms. The van der Waals surface area contributed by atoms with Crippen molar-refractivity contribution in [2.75, 3.05) is 24.7 Å². The van der Waals surface area contributed by atoms with Crippen LogP contribution in [-0.4, -0.2) is 38.0 Å². The summed E-state index contributed by atoms with van der Waals surface area (Å²) >= 11 is 0. The topological polar surface area (TPSA) is 66.5 Å². The van der Waals surface area contributed by atoms with Crippen LogP contribution < -0.4 is 5.32 Å². The van der Waals surface area contributed by atoms with Crippen molar-refractivity contribution in [2.45, 2.75) is 26.7 Å². The van der Waals surface area contributed by atoms with Gasteiger partial charge in [-0.2, -0.15) is 0 Å². The molecule has 0 saturated carbocycles. The van der Waals surface area contributed by atoms with Crippen LogP contribution in [0, 0.1) is 19.7 Å². The number of halogens is 1. The molecule has 2 aromatic rings. The number of rotatable bonds is 8. The summed E-state index contributed by atoms with van der Waals surface area (Å²) in [4.78, 5) is 12.2. The lowest BCUT2D eigenvalue weighted by molar-refractivity contribution is -0.116. The van der Waals surface area contributed by atoms with Crippen molar-refractivity contribution in [1.29, 1.82) is 0 Å². The first-order chi connectivity index (χ1) is 12.7. The van der Waals surface area contributed by atoms with Crippen molar-refractivity contribution >= 4 is 21.6 Å². The third-order valence-corrected chi connectivity index (χ3v) is 5.80. The van der Waals surface area contributed by atoms with Gasteiger partial charge in [0.25, 0.3) is 0 Å². The van der Waals surface area contributed by atoms with E-state index in [1.54, 1.807) is 12.1 Å². The van der Waals surface area contributed by atoms with Crippen LogP contribution in [-0.2, 0) is 21.2 Å². The highest BCUT2D eigenvalue weighted by Gasteiger charge is 2.18. The largest absolute Gasteiger partial charge is 0.326 e. The Bertz CT molecular complexity index is 896. The number of hydrogen-bond donors (Lipinski definition) is 1. The number of carbonyl (C=O) groups is 1. The number of benzene rings is 2. The summed E-state index contributed by atoms with van der Waals surface area (Å²) in [7, 11) is -3.45. The van der Waals surface area contributed by atoms with Crippen molar-refractivity contribution in [3.05, 3.63) is 65.0 Å². The standard InChI is InChI=1S/C20H25FN2O3S/c1-15-5-4-6-19(16(15)2)22-20(24)12-14-23(27(3,25)26)13-11-17-7-9-18(21)10-8-17/h4-10H,11-14H2,1-3H3,(H,22,24). The van der Waals surface area contributed by atoms with Crippen LogP contribution in [0.5, 0.6) is 0 Å². The lowest BCUT2D eigenvalue weighted by Gasteiger charge is -2.20. The van der Waals surface area contributed by atoms with E-state index in [1.165, 1.54) is 16.4 Å². The number of hydrogen-bond acceptors (Lipinski definition) is 3. The van der Waals surface area contributed by atoms with E-state index in [4.69, 9.17) is 0 Å². The number of anilines is 1. The Labute approximate surface area is 160 Å². The molecule has 0 unspecified atom stereocenters. The highest BCUT2D eigenvalue weighted by atomic mass is 32.2. The molecule has 0 aliphatic rings. The minimum atomic E-state index is -3.45. The van der Waals surface area contributed by atoms with Crippen molar-refractivity contribution < 1.29 is 17.6 Å². The van der Waals surface area contributed by atoms with Crippen LogP contribution in [0.15, 0.2) is 42.5 Å². The number of aryl methyl sites for hydroxylation is 1. The van der Waals surface area contributed by atoms with Gasteiger partial charge in [0.1, 0.15) is 5.82 Å². The number of carbonyl (C=O) groups excluding carboxylic acids is 1. The zero-order valence-corrected chi connectivity index (χ0v) is 16.6. The van der Waals surface area contributed by atoms with Gasteiger partial charge in [-0.05, 0) is 55.2 Å². The second-order valence-electron chi connectivity index (χ2n) is 6.58. The molecule has 0 atom stereocenters. The summed E-state index contributed by atoms with van der Waals surface area (Å²) in [5.74, 6) is -0.569. The van der Waals surface area contributed by atoms with Crippen LogP contribution in [0.2, 0.25) is 0 Å². The maximum absolute atomic E-state index is 13.0. The van der Waals surface area contributed by atoms with E-state index in [0.717, 1.165) is 28.6 Å². The molecular weight excluding hydrogens is 367 g/mol. The Kier molecular flexibility index (Phi) is 7.10. The fourth-order valence-electron chi connectivity index (χ4n) is 2.67. The third-order valence-electron chi connectivity index (χ3n) is 4.50. The average Bonchev–Trinajstić information content (AvgIpc) is 2.59. The van der Waals surface area contributed by atoms with Crippen molar-refractivity contribution in [2.24, 2.45) is 0 Å². The smallest absolute Gasteiger partial charge is 0.225 e. The van der Waals surface area contributed by atoms with Gasteiger partial charge in [0.05, 0.1) is 6.26 Å². The maximum Gasteiger partial charge on any atom is 0.225 e. The zero-order chi connectivity index (χ0) is 20.0. The highest BCUT2D eigenvalue weighted by Crippen LogP contribution is 2.18. The van der Waals surface area contributed by atoms with E-state index < -0.39 is 10.0 Å². The number of sulfonamides is 1. The van der Waals surface area contributed by atoms with Crippen LogP contribution in [0.3, 0.4) is 0 Å². The first kappa shape index (κ1) is 21.1. The summed E-state index contributed by atoms with van der Waals surface area (Å²) in [5.41, 5.74) is 3.63. The van der Waals surface area contributed by atoms with Gasteiger partial charge in [0, 0.05) is 25.2 Å². The second-order valence-corrected chi connectivity index (χ2v) is 8.57. The molecule has 7 heteroatoms. The Balaban J connectivity index is 1.94. The number of amides is 1. The van der Waals surface area contributed by atoms with Gasteiger partial charge in [0.2, 0.25) is 15.9 Å². The van der Waals surface area contributed by atoms with E-state index in [9.17, 15) is 17.6 Å². The molecule has 5 nitrogen and oxygen atoms in total. The summed E-state index contributed by atoms with van der Waals surface area (Å²) in [6.07, 6.45) is 1.64. The molecule has 27 heavy (non-hydrogen) atoms. The molecule has 0 saturated heterocycles. The SMILES string of the molecule is Cc1cccc(NC(=O)CCN(CCc2ccc(F)cc2)S(C)(=O)=O)c1C. The molecule has 2 rings (SSSR count). The lowest BCUT2D eigenvalue weighted by Crippen LogP contribution is -2.34. The molecule has 0 heterocycles. The quantitative estimate of drug-likeness (QED) is 0.750. The summed E-state index contributed by atoms with van der Waals surface area (Å²) in [5, 5.41) is 2.84.